The van der Waals surface area contributed by atoms with Gasteiger partial charge in [-0.15, -0.1) is 10.2 Å². The average molecular weight is 849 g/mol. The van der Waals surface area contributed by atoms with Crippen molar-refractivity contribution in [3.8, 4) is 22.5 Å². The number of para-hydroxylation sites is 1. The normalized spacial score (nSPS) is 18.1. The minimum Gasteiger partial charge on any atom is -0.361 e. The molecule has 0 aliphatic carbocycles. The number of unbranched alkanes of at least 4 members (excludes halogenated alkanes) is 1. The highest BCUT2D eigenvalue weighted by molar-refractivity contribution is 7.99. The molecule has 3 aromatic carbocycles. The largest absolute Gasteiger partial charge is 0.361 e. The first-order chi connectivity index (χ1) is 29.2. The fourth-order valence-electron chi connectivity index (χ4n) is 7.50. The first kappa shape index (κ1) is 42.5. The van der Waals surface area contributed by atoms with Gasteiger partial charge in [-0.2, -0.15) is 5.21 Å². The number of aromatic nitrogens is 6. The molecule has 0 spiro atoms. The molecular formula is C43H49ClN12O3S. The van der Waals surface area contributed by atoms with Crippen LogP contribution in [0.5, 0.6) is 0 Å². The van der Waals surface area contributed by atoms with Crippen molar-refractivity contribution < 1.29 is 14.4 Å². The van der Waals surface area contributed by atoms with Crippen molar-refractivity contribution >= 4 is 52.0 Å². The Hall–Kier alpha value is -5.65. The Bertz CT molecular complexity index is 2410. The zero-order chi connectivity index (χ0) is 42.0. The number of likely N-dealkylation sites (N-methyl/N-ethyl adjacent to an activating group) is 1. The van der Waals surface area contributed by atoms with E-state index in [-0.39, 0.29) is 30.7 Å². The standard InChI is InChI=1S/C43H49ClN12O3S/c1-56-37(22-29-24-48-34-10-3-2-9-31(29)34)41(58)50-25-32-30(26-13-15-27(16-14-26)39-52-54-55-53-39)17-18-33(44)38(32)60-42-28(8-7-21-47-42)23-49-35(12-6-20-46)40(57)51-36(43(56)59)11-4-5-19-45/h2-3,7-10,13-18,21,24,35-37,48-49H,4-6,11-12,19-20,22-23,25,45-46H2,1H3,(H,50,58)(H,51,57)(H,52,53,54,55)/t35?,36-,37-/m0/s1. The first-order valence-corrected chi connectivity index (χ1v) is 21.3. The number of rotatable bonds is 11. The third kappa shape index (κ3) is 9.86. The molecule has 15 nitrogen and oxygen atoms in total. The van der Waals surface area contributed by atoms with Crippen LogP contribution < -0.4 is 27.4 Å². The van der Waals surface area contributed by atoms with Crippen molar-refractivity contribution in [3.05, 3.63) is 107 Å². The zero-order valence-electron chi connectivity index (χ0n) is 33.3. The summed E-state index contributed by atoms with van der Waals surface area (Å²) in [4.78, 5) is 53.8. The number of nitrogens with zero attached hydrogens (tertiary/aromatic N) is 5. The molecule has 6 aromatic rings. The molecule has 7 rings (SSSR count). The number of benzene rings is 3. The zero-order valence-corrected chi connectivity index (χ0v) is 34.9. The number of halogens is 1. The number of nitrogens with one attached hydrogen (secondary N) is 5. The summed E-state index contributed by atoms with van der Waals surface area (Å²) in [5.41, 5.74) is 17.7. The van der Waals surface area contributed by atoms with Gasteiger partial charge in [-0.3, -0.25) is 14.4 Å². The van der Waals surface area contributed by atoms with Crippen LogP contribution in [0, 0.1) is 0 Å². The topological polar surface area (TPSA) is 226 Å². The van der Waals surface area contributed by atoms with Crippen LogP contribution in [0.4, 0.5) is 0 Å². The third-order valence-electron chi connectivity index (χ3n) is 10.8. The van der Waals surface area contributed by atoms with Crippen molar-refractivity contribution in [1.82, 2.24) is 51.4 Å². The molecule has 0 fully saturated rings. The lowest BCUT2D eigenvalue weighted by Crippen LogP contribution is -2.57. The van der Waals surface area contributed by atoms with Gasteiger partial charge in [0.05, 0.1) is 11.1 Å². The van der Waals surface area contributed by atoms with Crippen LogP contribution in [-0.2, 0) is 33.9 Å². The van der Waals surface area contributed by atoms with Gasteiger partial charge in [0.1, 0.15) is 17.1 Å². The first-order valence-electron chi connectivity index (χ1n) is 20.1. The number of carbonyl (C=O) groups is 3. The molecule has 17 heteroatoms. The number of fused-ring (bicyclic) bond motifs is 3. The summed E-state index contributed by atoms with van der Waals surface area (Å²) in [6, 6.07) is 20.6. The molecular weight excluding hydrogens is 800 g/mol. The van der Waals surface area contributed by atoms with Gasteiger partial charge in [-0.05, 0) is 96.4 Å². The second-order valence-corrected chi connectivity index (χ2v) is 16.1. The second-order valence-electron chi connectivity index (χ2n) is 14.7. The van der Waals surface area contributed by atoms with Crippen LogP contribution in [0.15, 0.2) is 95.1 Å². The molecule has 3 amide bonds. The number of hydrogen-bond donors (Lipinski definition) is 7. The highest BCUT2D eigenvalue weighted by Crippen LogP contribution is 2.41. The number of H-pyrrole nitrogens is 2. The summed E-state index contributed by atoms with van der Waals surface area (Å²) in [5.74, 6) is -0.613. The summed E-state index contributed by atoms with van der Waals surface area (Å²) in [7, 11) is 1.63. The summed E-state index contributed by atoms with van der Waals surface area (Å²) < 4.78 is 0. The Kier molecular flexibility index (Phi) is 14.2. The minimum atomic E-state index is -0.956. The Morgan fingerprint density at radius 1 is 0.867 bits per heavy atom. The fourth-order valence-corrected chi connectivity index (χ4v) is 8.84. The van der Waals surface area contributed by atoms with Crippen LogP contribution in [0.3, 0.4) is 0 Å². The van der Waals surface area contributed by atoms with Gasteiger partial charge >= 0.3 is 0 Å². The number of nitrogens with two attached hydrogens (primary N) is 2. The molecule has 0 saturated heterocycles. The Labute approximate surface area is 357 Å². The monoisotopic (exact) mass is 848 g/mol. The maximum Gasteiger partial charge on any atom is 0.245 e. The number of amides is 3. The lowest BCUT2D eigenvalue weighted by atomic mass is 9.97. The van der Waals surface area contributed by atoms with Crippen molar-refractivity contribution in [2.24, 2.45) is 11.5 Å². The summed E-state index contributed by atoms with van der Waals surface area (Å²) in [5, 5.41) is 26.2. The maximum absolute atomic E-state index is 14.8. The molecule has 1 aliphatic rings. The summed E-state index contributed by atoms with van der Waals surface area (Å²) in [6.45, 7) is 1.22. The van der Waals surface area contributed by atoms with Crippen molar-refractivity contribution in [3.63, 3.8) is 0 Å². The molecule has 0 radical (unpaired) electrons. The van der Waals surface area contributed by atoms with Crippen LogP contribution >= 0.6 is 23.4 Å². The van der Waals surface area contributed by atoms with Gasteiger partial charge < -0.3 is 37.3 Å². The molecule has 60 heavy (non-hydrogen) atoms. The second kappa shape index (κ2) is 20.1. The number of tetrazole rings is 1. The molecule has 3 aromatic heterocycles. The molecule has 0 bridgehead atoms. The highest BCUT2D eigenvalue weighted by atomic mass is 35.5. The van der Waals surface area contributed by atoms with E-state index in [4.69, 9.17) is 28.1 Å². The maximum atomic E-state index is 14.8. The van der Waals surface area contributed by atoms with Crippen LogP contribution in [0.1, 0.15) is 48.8 Å². The van der Waals surface area contributed by atoms with E-state index >= 15 is 0 Å². The Morgan fingerprint density at radius 2 is 1.65 bits per heavy atom. The van der Waals surface area contributed by atoms with Crippen LogP contribution in [0.25, 0.3) is 33.4 Å². The smallest absolute Gasteiger partial charge is 0.245 e. The van der Waals surface area contributed by atoms with E-state index < -0.39 is 18.1 Å². The van der Waals surface area contributed by atoms with Crippen molar-refractivity contribution in [2.45, 2.75) is 79.7 Å². The predicted molar refractivity (Wildman–Crippen MR) is 233 cm³/mol. The van der Waals surface area contributed by atoms with E-state index in [0.29, 0.717) is 72.5 Å². The van der Waals surface area contributed by atoms with Gasteiger partial charge in [0, 0.05) is 60.3 Å². The molecule has 9 N–H and O–H groups in total. The molecule has 3 atom stereocenters. The van der Waals surface area contributed by atoms with E-state index in [9.17, 15) is 14.4 Å². The van der Waals surface area contributed by atoms with E-state index in [2.05, 4.69) is 41.6 Å². The SMILES string of the molecule is CN1C(=O)[C@H](CCCCN)NC(=O)C(CCCN)NCc2cccnc2Sc2c(Cl)ccc(-c3ccc(-c4nn[nH]n4)cc3)c2CNC(=O)[C@@H]1Cc1c[nH]c2ccccc12. The number of aromatic amines is 2. The van der Waals surface area contributed by atoms with E-state index in [1.807, 2.05) is 79.0 Å². The van der Waals surface area contributed by atoms with Crippen molar-refractivity contribution in [2.75, 3.05) is 20.1 Å². The third-order valence-corrected chi connectivity index (χ3v) is 12.5. The van der Waals surface area contributed by atoms with E-state index in [0.717, 1.165) is 44.3 Å². The van der Waals surface area contributed by atoms with Gasteiger partial charge in [0.15, 0.2) is 0 Å². The number of carbonyl (C=O) groups excluding carboxylic acids is 3. The Morgan fingerprint density at radius 3 is 2.43 bits per heavy atom. The number of pyridine rings is 1. The van der Waals surface area contributed by atoms with Crippen LogP contribution in [-0.4, -0.2) is 91.5 Å². The van der Waals surface area contributed by atoms with E-state index in [1.165, 1.54) is 16.7 Å². The summed E-state index contributed by atoms with van der Waals surface area (Å²) in [6.07, 6.45) is 6.45. The quantitative estimate of drug-likeness (QED) is 0.0883. The lowest BCUT2D eigenvalue weighted by molar-refractivity contribution is -0.142. The molecule has 1 aliphatic heterocycles. The van der Waals surface area contributed by atoms with E-state index in [1.54, 1.807) is 13.2 Å². The summed E-state index contributed by atoms with van der Waals surface area (Å²) >= 11 is 8.46. The molecule has 0 saturated carbocycles. The van der Waals surface area contributed by atoms with Crippen LogP contribution in [0.2, 0.25) is 5.02 Å². The molecule has 4 heterocycles. The molecule has 1 unspecified atom stereocenters. The minimum absolute atomic E-state index is 0.0777. The Balaban J connectivity index is 1.33. The van der Waals surface area contributed by atoms with Gasteiger partial charge in [-0.25, -0.2) is 4.98 Å². The average Bonchev–Trinajstić information content (AvgIpc) is 3.96. The molecule has 312 valence electrons. The van der Waals surface area contributed by atoms with Gasteiger partial charge in [0.2, 0.25) is 23.5 Å². The predicted octanol–water partition coefficient (Wildman–Crippen LogP) is 4.73. The van der Waals surface area contributed by atoms with Crippen molar-refractivity contribution in [1.29, 1.82) is 0 Å². The van der Waals surface area contributed by atoms with Gasteiger partial charge in [0.25, 0.3) is 0 Å². The number of hydrogen-bond acceptors (Lipinski definition) is 11. The highest BCUT2D eigenvalue weighted by Gasteiger charge is 2.34. The lowest BCUT2D eigenvalue weighted by Gasteiger charge is -2.32. The fraction of sp³-hybridized carbons (Fsp3) is 0.326. The van der Waals surface area contributed by atoms with Gasteiger partial charge in [-0.1, -0.05) is 78.0 Å².